The smallest absolute Gasteiger partial charge is 0.311 e. The van der Waals surface area contributed by atoms with Crippen molar-refractivity contribution in [2.75, 3.05) is 6.61 Å². The third kappa shape index (κ3) is 6.55. The first kappa shape index (κ1) is 28.5. The summed E-state index contributed by atoms with van der Waals surface area (Å²) in [5.74, 6) is -0.276. The first-order valence-corrected chi connectivity index (χ1v) is 14.0. The summed E-state index contributed by atoms with van der Waals surface area (Å²) in [4.78, 5) is 21.8. The highest BCUT2D eigenvalue weighted by Crippen LogP contribution is 2.44. The molecule has 8 heteroatoms. The van der Waals surface area contributed by atoms with Crippen LogP contribution in [0.4, 0.5) is 0 Å². The molecule has 0 aliphatic rings. The van der Waals surface area contributed by atoms with Crippen molar-refractivity contribution in [2.45, 2.75) is 60.2 Å². The molecule has 0 aliphatic heterocycles. The van der Waals surface area contributed by atoms with E-state index in [2.05, 4.69) is 11.1 Å². The quantitative estimate of drug-likeness (QED) is 0.171. The SMILES string of the molecule is Cc1cc2nc(-c3ccnc(Cl)c3)sc2c(-c2ccc(Cl)cc2)c1C(COC(=O)C(C)(C)C)OC(C)(C)C. The molecule has 38 heavy (non-hydrogen) atoms. The summed E-state index contributed by atoms with van der Waals surface area (Å²) in [6.07, 6.45) is 1.18. The number of hydrogen-bond acceptors (Lipinski definition) is 6. The Kier molecular flexibility index (Phi) is 8.20. The van der Waals surface area contributed by atoms with Crippen LogP contribution in [-0.4, -0.2) is 28.1 Å². The lowest BCUT2D eigenvalue weighted by Gasteiger charge is -2.31. The average Bonchev–Trinajstić information content (AvgIpc) is 3.24. The number of nitrogens with zero attached hydrogens (tertiary/aromatic N) is 2. The molecule has 4 aromatic rings. The van der Waals surface area contributed by atoms with Crippen LogP contribution in [0.2, 0.25) is 10.2 Å². The molecule has 2 heterocycles. The maximum atomic E-state index is 12.7. The standard InChI is InChI=1S/C30H32Cl2N2O3S/c1-17-14-21-26(38-27(34-21)19-12-13-33-23(32)15-19)25(18-8-10-20(31)11-9-18)24(17)22(37-30(5,6)7)16-36-28(35)29(2,3)4/h8-15,22H,16H2,1-7H3. The maximum Gasteiger partial charge on any atom is 0.311 e. The molecule has 0 radical (unpaired) electrons. The van der Waals surface area contributed by atoms with E-state index in [1.54, 1.807) is 17.5 Å². The molecule has 5 nitrogen and oxygen atoms in total. The second kappa shape index (κ2) is 10.9. The Morgan fingerprint density at radius 1 is 1.00 bits per heavy atom. The first-order chi connectivity index (χ1) is 17.7. The lowest BCUT2D eigenvalue weighted by Crippen LogP contribution is -2.30. The van der Waals surface area contributed by atoms with Crippen LogP contribution in [0.15, 0.2) is 48.7 Å². The van der Waals surface area contributed by atoms with Gasteiger partial charge in [0.15, 0.2) is 0 Å². The van der Waals surface area contributed by atoms with Crippen molar-refractivity contribution in [1.29, 1.82) is 0 Å². The molecule has 0 amide bonds. The van der Waals surface area contributed by atoms with Crippen molar-refractivity contribution >= 4 is 50.7 Å². The van der Waals surface area contributed by atoms with Crippen molar-refractivity contribution in [3.8, 4) is 21.7 Å². The summed E-state index contributed by atoms with van der Waals surface area (Å²) in [5.41, 5.74) is 4.58. The van der Waals surface area contributed by atoms with Crippen LogP contribution in [0.3, 0.4) is 0 Å². The van der Waals surface area contributed by atoms with Crippen molar-refractivity contribution in [1.82, 2.24) is 9.97 Å². The lowest BCUT2D eigenvalue weighted by molar-refractivity contribution is -0.162. The van der Waals surface area contributed by atoms with Crippen molar-refractivity contribution < 1.29 is 14.3 Å². The summed E-state index contributed by atoms with van der Waals surface area (Å²) in [7, 11) is 0. The predicted molar refractivity (Wildman–Crippen MR) is 157 cm³/mol. The Balaban J connectivity index is 1.95. The second-order valence-corrected chi connectivity index (χ2v) is 13.1. The number of rotatable bonds is 6. The van der Waals surface area contributed by atoms with Crippen LogP contribution in [-0.2, 0) is 14.3 Å². The van der Waals surface area contributed by atoms with Gasteiger partial charge in [0.05, 0.1) is 21.2 Å². The summed E-state index contributed by atoms with van der Waals surface area (Å²) in [6.45, 7) is 13.7. The molecule has 1 atom stereocenters. The molecule has 0 aliphatic carbocycles. The van der Waals surface area contributed by atoms with Gasteiger partial charge in [-0.1, -0.05) is 35.3 Å². The molecule has 200 valence electrons. The number of fused-ring (bicyclic) bond motifs is 1. The molecule has 4 rings (SSSR count). The van der Waals surface area contributed by atoms with E-state index >= 15 is 0 Å². The maximum absolute atomic E-state index is 12.7. The first-order valence-electron chi connectivity index (χ1n) is 12.4. The van der Waals surface area contributed by atoms with Gasteiger partial charge in [0.25, 0.3) is 0 Å². The number of thiazole rings is 1. The monoisotopic (exact) mass is 570 g/mol. The third-order valence-electron chi connectivity index (χ3n) is 5.83. The van der Waals surface area contributed by atoms with Gasteiger partial charge in [-0.2, -0.15) is 0 Å². The van der Waals surface area contributed by atoms with Crippen LogP contribution >= 0.6 is 34.5 Å². The minimum Gasteiger partial charge on any atom is -0.462 e. The molecule has 0 fully saturated rings. The Morgan fingerprint density at radius 3 is 2.29 bits per heavy atom. The van der Waals surface area contributed by atoms with E-state index in [-0.39, 0.29) is 12.6 Å². The Morgan fingerprint density at radius 2 is 1.68 bits per heavy atom. The van der Waals surface area contributed by atoms with Crippen LogP contribution < -0.4 is 0 Å². The number of pyridine rings is 1. The van der Waals surface area contributed by atoms with E-state index in [1.165, 1.54) is 0 Å². The highest BCUT2D eigenvalue weighted by atomic mass is 35.5. The van der Waals surface area contributed by atoms with Crippen molar-refractivity contribution in [3.63, 3.8) is 0 Å². The highest BCUT2D eigenvalue weighted by Gasteiger charge is 2.31. The van der Waals surface area contributed by atoms with Gasteiger partial charge < -0.3 is 9.47 Å². The Bertz CT molecular complexity index is 1470. The van der Waals surface area contributed by atoms with E-state index in [1.807, 2.05) is 84.9 Å². The van der Waals surface area contributed by atoms with Gasteiger partial charge >= 0.3 is 5.97 Å². The molecule has 2 aromatic heterocycles. The minimum atomic E-state index is -0.622. The average molecular weight is 572 g/mol. The van der Waals surface area contributed by atoms with E-state index in [0.29, 0.717) is 10.2 Å². The topological polar surface area (TPSA) is 61.3 Å². The number of benzene rings is 2. The molecule has 1 unspecified atom stereocenters. The molecule has 0 N–H and O–H groups in total. The Labute approximate surface area is 238 Å². The summed E-state index contributed by atoms with van der Waals surface area (Å²) in [5, 5.41) is 1.90. The molecular formula is C30H32Cl2N2O3S. The summed E-state index contributed by atoms with van der Waals surface area (Å²) < 4.78 is 13.4. The Hall–Kier alpha value is -2.51. The van der Waals surface area contributed by atoms with E-state index < -0.39 is 17.1 Å². The largest absolute Gasteiger partial charge is 0.462 e. The highest BCUT2D eigenvalue weighted by molar-refractivity contribution is 7.22. The third-order valence-corrected chi connectivity index (χ3v) is 7.43. The van der Waals surface area contributed by atoms with Crippen LogP contribution in [0, 0.1) is 12.3 Å². The fourth-order valence-corrected chi connectivity index (χ4v) is 5.58. The number of aryl methyl sites for hydroxylation is 1. The van der Waals surface area contributed by atoms with Crippen LogP contribution in [0.5, 0.6) is 0 Å². The fraction of sp³-hybridized carbons (Fsp3) is 0.367. The normalized spacial score (nSPS) is 13.1. The fourth-order valence-electron chi connectivity index (χ4n) is 4.16. The van der Waals surface area contributed by atoms with Crippen LogP contribution in [0.25, 0.3) is 31.9 Å². The zero-order chi connectivity index (χ0) is 27.8. The molecule has 0 spiro atoms. The number of hydrogen-bond donors (Lipinski definition) is 0. The summed E-state index contributed by atoms with van der Waals surface area (Å²) in [6, 6.07) is 13.5. The molecular weight excluding hydrogens is 539 g/mol. The molecule has 0 saturated heterocycles. The minimum absolute atomic E-state index is 0.0892. The molecule has 0 saturated carbocycles. The number of ether oxygens (including phenoxy) is 2. The van der Waals surface area contributed by atoms with E-state index in [4.69, 9.17) is 37.7 Å². The van der Waals surface area contributed by atoms with Crippen LogP contribution in [0.1, 0.15) is 58.8 Å². The zero-order valence-electron chi connectivity index (χ0n) is 22.7. The molecule has 0 bridgehead atoms. The number of aromatic nitrogens is 2. The second-order valence-electron chi connectivity index (χ2n) is 11.3. The van der Waals surface area contributed by atoms with Gasteiger partial charge in [0.2, 0.25) is 0 Å². The van der Waals surface area contributed by atoms with E-state index in [0.717, 1.165) is 43.0 Å². The molecule has 2 aromatic carbocycles. The van der Waals surface area contributed by atoms with Gasteiger partial charge in [0, 0.05) is 22.3 Å². The van der Waals surface area contributed by atoms with Crippen molar-refractivity contribution in [2.24, 2.45) is 5.41 Å². The zero-order valence-corrected chi connectivity index (χ0v) is 25.0. The van der Waals surface area contributed by atoms with Gasteiger partial charge in [-0.15, -0.1) is 11.3 Å². The number of halogens is 2. The van der Waals surface area contributed by atoms with Gasteiger partial charge in [-0.3, -0.25) is 4.79 Å². The van der Waals surface area contributed by atoms with E-state index in [9.17, 15) is 4.79 Å². The van der Waals surface area contributed by atoms with Crippen molar-refractivity contribution in [3.05, 3.63) is 70.0 Å². The number of carbonyl (C=O) groups excluding carboxylic acids is 1. The number of carbonyl (C=O) groups is 1. The van der Waals surface area contributed by atoms with Gasteiger partial charge in [0.1, 0.15) is 22.9 Å². The van der Waals surface area contributed by atoms with Gasteiger partial charge in [-0.25, -0.2) is 9.97 Å². The predicted octanol–water partition coefficient (Wildman–Crippen LogP) is 9.09. The van der Waals surface area contributed by atoms with Gasteiger partial charge in [-0.05, 0) is 95.5 Å². The lowest BCUT2D eigenvalue weighted by atomic mass is 9.91. The summed E-state index contributed by atoms with van der Waals surface area (Å²) >= 11 is 14.0. The number of esters is 1.